The largest absolute Gasteiger partial charge is 0.449 e. The second-order valence-electron chi connectivity index (χ2n) is 7.97. The van der Waals surface area contributed by atoms with Gasteiger partial charge in [0.1, 0.15) is 5.58 Å². The highest BCUT2D eigenvalue weighted by Crippen LogP contribution is 2.38. The van der Waals surface area contributed by atoms with Crippen molar-refractivity contribution in [1.82, 2.24) is 25.6 Å². The van der Waals surface area contributed by atoms with Crippen molar-refractivity contribution in [2.24, 2.45) is 0 Å². The van der Waals surface area contributed by atoms with Crippen LogP contribution in [0.25, 0.3) is 21.9 Å². The van der Waals surface area contributed by atoms with Gasteiger partial charge in [0.2, 0.25) is 22.8 Å². The summed E-state index contributed by atoms with van der Waals surface area (Å²) in [6.45, 7) is 4.00. The van der Waals surface area contributed by atoms with Crippen molar-refractivity contribution in [2.75, 3.05) is 18.4 Å². The summed E-state index contributed by atoms with van der Waals surface area (Å²) >= 11 is 6.11. The van der Waals surface area contributed by atoms with Crippen LogP contribution in [0.3, 0.4) is 0 Å². The van der Waals surface area contributed by atoms with Crippen molar-refractivity contribution in [3.63, 3.8) is 0 Å². The molecule has 2 aliphatic rings. The van der Waals surface area contributed by atoms with Gasteiger partial charge in [-0.1, -0.05) is 0 Å². The lowest BCUT2D eigenvalue weighted by atomic mass is 10.1. The summed E-state index contributed by atoms with van der Waals surface area (Å²) in [5.74, 6) is 0.860. The monoisotopic (exact) mass is 450 g/mol. The molecule has 32 heavy (non-hydrogen) atoms. The normalized spacial score (nSPS) is 17.9. The van der Waals surface area contributed by atoms with E-state index in [-0.39, 0.29) is 23.0 Å². The number of carbonyl (C=O) groups is 1. The van der Waals surface area contributed by atoms with Crippen LogP contribution in [0, 0.1) is 0 Å². The summed E-state index contributed by atoms with van der Waals surface area (Å²) in [6.07, 6.45) is 0.766. The maximum atomic E-state index is 12.5. The minimum absolute atomic E-state index is 0.00615. The van der Waals surface area contributed by atoms with Crippen LogP contribution in [-0.4, -0.2) is 40.0 Å². The van der Waals surface area contributed by atoms with Gasteiger partial charge < -0.3 is 25.1 Å². The molecule has 10 heteroatoms. The van der Waals surface area contributed by atoms with Gasteiger partial charge in [-0.05, 0) is 36.7 Å². The Labute approximate surface area is 187 Å². The van der Waals surface area contributed by atoms with Gasteiger partial charge >= 0.3 is 0 Å². The predicted molar refractivity (Wildman–Crippen MR) is 119 cm³/mol. The SMILES string of the molecule is C[C@@H]1CNc2c(oc3ccc4nc(Oc5nc(Cl)nc6c5CNCC6)ccc4c23)C(=O)N1. The van der Waals surface area contributed by atoms with E-state index in [4.69, 9.17) is 20.8 Å². The molecule has 1 amide bonds. The molecular weight excluding hydrogens is 432 g/mol. The third-order valence-electron chi connectivity index (χ3n) is 5.73. The van der Waals surface area contributed by atoms with Gasteiger partial charge in [0.15, 0.2) is 0 Å². The Morgan fingerprint density at radius 3 is 3.00 bits per heavy atom. The first-order chi connectivity index (χ1) is 15.6. The number of rotatable bonds is 2. The van der Waals surface area contributed by atoms with E-state index in [1.54, 1.807) is 6.07 Å². The minimum Gasteiger partial charge on any atom is -0.449 e. The lowest BCUT2D eigenvalue weighted by Crippen LogP contribution is -2.34. The average molecular weight is 451 g/mol. The van der Waals surface area contributed by atoms with E-state index in [0.29, 0.717) is 41.6 Å². The number of halogens is 1. The Morgan fingerprint density at radius 2 is 2.09 bits per heavy atom. The average Bonchev–Trinajstić information content (AvgIpc) is 3.10. The molecule has 0 bridgehead atoms. The Kier molecular flexibility index (Phi) is 4.41. The second-order valence-corrected chi connectivity index (χ2v) is 8.31. The first-order valence-electron chi connectivity index (χ1n) is 10.4. The Bertz CT molecular complexity index is 1400. The number of carbonyl (C=O) groups excluding carboxylic acids is 1. The van der Waals surface area contributed by atoms with Crippen molar-refractivity contribution in [3.05, 3.63) is 46.6 Å². The summed E-state index contributed by atoms with van der Waals surface area (Å²) in [4.78, 5) is 25.8. The quantitative estimate of drug-likeness (QED) is 0.398. The molecule has 4 aromatic rings. The highest BCUT2D eigenvalue weighted by Gasteiger charge is 2.27. The number of benzene rings is 1. The highest BCUT2D eigenvalue weighted by atomic mass is 35.5. The van der Waals surface area contributed by atoms with Gasteiger partial charge in [0.05, 0.1) is 27.8 Å². The van der Waals surface area contributed by atoms with Crippen molar-refractivity contribution in [2.45, 2.75) is 25.9 Å². The molecule has 5 heterocycles. The van der Waals surface area contributed by atoms with E-state index in [0.717, 1.165) is 35.0 Å². The van der Waals surface area contributed by atoms with Crippen LogP contribution in [0.15, 0.2) is 28.7 Å². The van der Waals surface area contributed by atoms with Crippen LogP contribution in [0.4, 0.5) is 5.69 Å². The van der Waals surface area contributed by atoms with E-state index >= 15 is 0 Å². The van der Waals surface area contributed by atoms with Gasteiger partial charge in [-0.15, -0.1) is 0 Å². The van der Waals surface area contributed by atoms with Gasteiger partial charge in [-0.25, -0.2) is 9.97 Å². The van der Waals surface area contributed by atoms with Crippen molar-refractivity contribution < 1.29 is 13.9 Å². The van der Waals surface area contributed by atoms with Gasteiger partial charge in [0.25, 0.3) is 5.91 Å². The van der Waals surface area contributed by atoms with E-state index in [1.165, 1.54) is 0 Å². The molecule has 9 nitrogen and oxygen atoms in total. The van der Waals surface area contributed by atoms with Gasteiger partial charge in [0, 0.05) is 43.5 Å². The summed E-state index contributed by atoms with van der Waals surface area (Å²) in [7, 11) is 0. The van der Waals surface area contributed by atoms with Crippen LogP contribution in [0.5, 0.6) is 11.8 Å². The van der Waals surface area contributed by atoms with E-state index in [9.17, 15) is 4.79 Å². The standard InChI is InChI=1S/C22H19ClN6O3/c1-10-8-25-18-17-11-2-5-16(27-13(11)3-4-15(17)31-19(18)20(30)26-10)32-21-12-9-24-7-6-14(12)28-22(23)29-21/h2-5,10,24-25H,6-9H2,1H3,(H,26,30)/t10-/m1/s1. The maximum Gasteiger partial charge on any atom is 0.289 e. The number of anilines is 1. The Morgan fingerprint density at radius 1 is 1.19 bits per heavy atom. The number of ether oxygens (including phenoxy) is 1. The number of hydrogen-bond donors (Lipinski definition) is 3. The zero-order valence-electron chi connectivity index (χ0n) is 17.2. The third-order valence-corrected chi connectivity index (χ3v) is 5.90. The van der Waals surface area contributed by atoms with Crippen LogP contribution in [0.2, 0.25) is 5.28 Å². The van der Waals surface area contributed by atoms with Crippen LogP contribution in [0.1, 0.15) is 28.7 Å². The topological polar surface area (TPSA) is 114 Å². The van der Waals surface area contributed by atoms with Crippen molar-refractivity contribution in [1.29, 1.82) is 0 Å². The molecule has 0 unspecified atom stereocenters. The van der Waals surface area contributed by atoms with Crippen molar-refractivity contribution in [3.8, 4) is 11.8 Å². The number of pyridine rings is 1. The van der Waals surface area contributed by atoms with Crippen LogP contribution >= 0.6 is 11.6 Å². The number of fused-ring (bicyclic) bond motifs is 6. The molecule has 162 valence electrons. The van der Waals surface area contributed by atoms with Gasteiger partial charge in [-0.3, -0.25) is 4.79 Å². The fourth-order valence-corrected chi connectivity index (χ4v) is 4.41. The molecule has 6 rings (SSSR count). The first kappa shape index (κ1) is 19.3. The minimum atomic E-state index is -0.228. The Hall–Kier alpha value is -3.43. The molecule has 0 radical (unpaired) electrons. The number of aromatic nitrogens is 3. The smallest absolute Gasteiger partial charge is 0.289 e. The van der Waals surface area contributed by atoms with E-state index < -0.39 is 0 Å². The summed E-state index contributed by atoms with van der Waals surface area (Å²) < 4.78 is 11.9. The number of hydrogen-bond acceptors (Lipinski definition) is 8. The van der Waals surface area contributed by atoms with E-state index in [2.05, 4.69) is 30.9 Å². The second kappa shape index (κ2) is 7.32. The zero-order chi connectivity index (χ0) is 21.8. The summed E-state index contributed by atoms with van der Waals surface area (Å²) in [5.41, 5.74) is 3.80. The van der Waals surface area contributed by atoms with Crippen LogP contribution in [-0.2, 0) is 13.0 Å². The fourth-order valence-electron chi connectivity index (χ4n) is 4.23. The number of amides is 1. The third kappa shape index (κ3) is 3.12. The molecule has 3 aromatic heterocycles. The van der Waals surface area contributed by atoms with Gasteiger partial charge in [-0.2, -0.15) is 4.98 Å². The van der Waals surface area contributed by atoms with E-state index in [1.807, 2.05) is 25.1 Å². The summed E-state index contributed by atoms with van der Waals surface area (Å²) in [6, 6.07) is 7.34. The molecule has 1 atom stereocenters. The lowest BCUT2D eigenvalue weighted by molar-refractivity contribution is 0.0920. The highest BCUT2D eigenvalue weighted by molar-refractivity contribution is 6.28. The first-order valence-corrected chi connectivity index (χ1v) is 10.8. The zero-order valence-corrected chi connectivity index (χ0v) is 17.9. The molecule has 0 spiro atoms. The molecular formula is C22H19ClN6O3. The molecule has 3 N–H and O–H groups in total. The molecule has 2 aliphatic heterocycles. The Balaban J connectivity index is 1.44. The molecule has 0 saturated heterocycles. The van der Waals surface area contributed by atoms with Crippen molar-refractivity contribution >= 4 is 45.1 Å². The molecule has 1 aromatic carbocycles. The lowest BCUT2D eigenvalue weighted by Gasteiger charge is -2.18. The molecule has 0 aliphatic carbocycles. The predicted octanol–water partition coefficient (Wildman–Crippen LogP) is 3.41. The molecule has 0 saturated carbocycles. The number of nitrogens with zero attached hydrogens (tertiary/aromatic N) is 3. The summed E-state index contributed by atoms with van der Waals surface area (Å²) in [5, 5.41) is 11.4. The molecule has 0 fully saturated rings. The van der Waals surface area contributed by atoms with Crippen LogP contribution < -0.4 is 20.7 Å². The fraction of sp³-hybridized carbons (Fsp3) is 0.273. The maximum absolute atomic E-state index is 12.5. The number of nitrogens with one attached hydrogen (secondary N) is 3. The number of furan rings is 1.